The lowest BCUT2D eigenvalue weighted by molar-refractivity contribution is -0.139. The van der Waals surface area contributed by atoms with Crippen molar-refractivity contribution >= 4 is 17.7 Å². The number of ether oxygens (including phenoxy) is 1. The molecule has 0 fully saturated rings. The van der Waals surface area contributed by atoms with Gasteiger partial charge < -0.3 is 9.64 Å². The van der Waals surface area contributed by atoms with E-state index in [-0.39, 0.29) is 17.6 Å². The number of anilines is 1. The summed E-state index contributed by atoms with van der Waals surface area (Å²) in [5.41, 5.74) is 6.29. The van der Waals surface area contributed by atoms with Crippen LogP contribution in [0.4, 0.5) is 5.69 Å². The summed E-state index contributed by atoms with van der Waals surface area (Å²) in [6.45, 7) is 10.7. The highest BCUT2D eigenvalue weighted by molar-refractivity contribution is 5.97. The van der Waals surface area contributed by atoms with Crippen LogP contribution in [-0.4, -0.2) is 20.1 Å². The zero-order valence-corrected chi connectivity index (χ0v) is 18.5. The first-order valence-electron chi connectivity index (χ1n) is 9.70. The summed E-state index contributed by atoms with van der Waals surface area (Å²) < 4.78 is 5.46. The molecule has 29 heavy (non-hydrogen) atoms. The lowest BCUT2D eigenvalue weighted by atomic mass is 9.84. The number of esters is 1. The quantitative estimate of drug-likeness (QED) is 0.394. The van der Waals surface area contributed by atoms with E-state index in [2.05, 4.69) is 32.9 Å². The van der Waals surface area contributed by atoms with Crippen LogP contribution in [0.25, 0.3) is 6.08 Å². The van der Waals surface area contributed by atoms with Gasteiger partial charge in [-0.25, -0.2) is 4.79 Å². The zero-order valence-electron chi connectivity index (χ0n) is 18.5. The first-order chi connectivity index (χ1) is 13.5. The molecule has 0 heterocycles. The molecule has 0 N–H and O–H groups in total. The maximum atomic E-state index is 12.5. The minimum absolute atomic E-state index is 0.00998. The van der Waals surface area contributed by atoms with E-state index < -0.39 is 5.97 Å². The zero-order chi connectivity index (χ0) is 21.8. The Bertz CT molecular complexity index is 933. The molecular formula is C25H30N2O2. The molecule has 0 unspecified atom stereocenters. The Hall–Kier alpha value is -3.06. The van der Waals surface area contributed by atoms with Gasteiger partial charge in [-0.3, -0.25) is 0 Å². The summed E-state index contributed by atoms with van der Waals surface area (Å²) in [5, 5.41) is 9.41. The third-order valence-electron chi connectivity index (χ3n) is 4.97. The molecule has 2 aromatic rings. The molecular weight excluding hydrogens is 360 g/mol. The molecule has 4 heteroatoms. The summed E-state index contributed by atoms with van der Waals surface area (Å²) in [6.07, 6.45) is 1.56. The van der Waals surface area contributed by atoms with Gasteiger partial charge in [-0.1, -0.05) is 45.0 Å². The molecule has 4 nitrogen and oxygen atoms in total. The average molecular weight is 391 g/mol. The Balaban J connectivity index is 2.16. The van der Waals surface area contributed by atoms with Gasteiger partial charge in [0.05, 0.1) is 0 Å². The van der Waals surface area contributed by atoms with Crippen molar-refractivity contribution in [3.63, 3.8) is 0 Å². The van der Waals surface area contributed by atoms with Crippen molar-refractivity contribution in [2.75, 3.05) is 19.0 Å². The Morgan fingerprint density at radius 2 is 1.66 bits per heavy atom. The maximum Gasteiger partial charge on any atom is 0.349 e. The topological polar surface area (TPSA) is 53.3 Å². The molecule has 0 amide bonds. The molecule has 152 valence electrons. The van der Waals surface area contributed by atoms with Crippen molar-refractivity contribution < 1.29 is 9.53 Å². The highest BCUT2D eigenvalue weighted by Crippen LogP contribution is 2.27. The Labute approximate surface area is 174 Å². The third kappa shape index (κ3) is 5.71. The van der Waals surface area contributed by atoms with Gasteiger partial charge in [0.25, 0.3) is 0 Å². The summed E-state index contributed by atoms with van der Waals surface area (Å²) >= 11 is 0. The van der Waals surface area contributed by atoms with E-state index >= 15 is 0 Å². The largest absolute Gasteiger partial charge is 0.457 e. The van der Waals surface area contributed by atoms with Gasteiger partial charge >= 0.3 is 5.97 Å². The average Bonchev–Trinajstić information content (AvgIpc) is 2.64. The number of nitriles is 1. The van der Waals surface area contributed by atoms with E-state index in [4.69, 9.17) is 4.74 Å². The fourth-order valence-electron chi connectivity index (χ4n) is 3.04. The fraction of sp³-hybridized carbons (Fsp3) is 0.360. The van der Waals surface area contributed by atoms with Crippen molar-refractivity contribution in [2.24, 2.45) is 0 Å². The van der Waals surface area contributed by atoms with E-state index in [1.807, 2.05) is 63.2 Å². The second-order valence-electron chi connectivity index (χ2n) is 8.57. The van der Waals surface area contributed by atoms with Crippen LogP contribution in [-0.2, 0) is 21.6 Å². The molecule has 0 aliphatic rings. The minimum Gasteiger partial charge on any atom is -0.457 e. The number of benzene rings is 2. The highest BCUT2D eigenvalue weighted by atomic mass is 16.5. The normalized spacial score (nSPS) is 11.7. The summed E-state index contributed by atoms with van der Waals surface area (Å²) in [4.78, 5) is 14.4. The Morgan fingerprint density at radius 1 is 1.10 bits per heavy atom. The van der Waals surface area contributed by atoms with Gasteiger partial charge in [0.2, 0.25) is 0 Å². The summed E-state index contributed by atoms with van der Waals surface area (Å²) in [5.74, 6) is -0.608. The van der Waals surface area contributed by atoms with Crippen LogP contribution in [0.1, 0.15) is 48.6 Å². The van der Waals surface area contributed by atoms with Crippen molar-refractivity contribution in [1.82, 2.24) is 0 Å². The number of hydrogen-bond donors (Lipinski definition) is 0. The highest BCUT2D eigenvalue weighted by Gasteiger charge is 2.18. The van der Waals surface area contributed by atoms with Crippen LogP contribution in [0.2, 0.25) is 0 Å². The van der Waals surface area contributed by atoms with Crippen LogP contribution in [0, 0.1) is 25.2 Å². The fourth-order valence-corrected chi connectivity index (χ4v) is 3.04. The van der Waals surface area contributed by atoms with E-state index in [1.54, 1.807) is 6.08 Å². The van der Waals surface area contributed by atoms with E-state index in [0.717, 1.165) is 27.9 Å². The van der Waals surface area contributed by atoms with Crippen LogP contribution >= 0.6 is 0 Å². The molecule has 0 saturated carbocycles. The standard InChI is InChI=1S/C25H30N2O2/c1-17-12-21(25(3,4)5)13-18(2)23(17)16-29-24(28)20(15-26)14-19-8-10-22(11-9-19)27(6)7/h8-14H,16H2,1-7H3/b20-14+. The number of carbonyl (C=O) groups excluding carboxylic acids is 1. The van der Waals surface area contributed by atoms with Crippen molar-refractivity contribution in [3.8, 4) is 6.07 Å². The van der Waals surface area contributed by atoms with Crippen LogP contribution in [0.15, 0.2) is 42.0 Å². The SMILES string of the molecule is Cc1cc(C(C)(C)C)cc(C)c1COC(=O)/C(C#N)=C/c1ccc(N(C)C)cc1. The van der Waals surface area contributed by atoms with Crippen molar-refractivity contribution in [3.05, 3.63) is 69.8 Å². The van der Waals surface area contributed by atoms with Gasteiger partial charge in [-0.2, -0.15) is 5.26 Å². The van der Waals surface area contributed by atoms with Crippen LogP contribution in [0.3, 0.4) is 0 Å². The van der Waals surface area contributed by atoms with Crippen LogP contribution in [0.5, 0.6) is 0 Å². The summed E-state index contributed by atoms with van der Waals surface area (Å²) in [7, 11) is 3.92. The monoisotopic (exact) mass is 390 g/mol. The van der Waals surface area contributed by atoms with Crippen molar-refractivity contribution in [2.45, 2.75) is 46.6 Å². The lowest BCUT2D eigenvalue weighted by Gasteiger charge is -2.22. The molecule has 0 bridgehead atoms. The van der Waals surface area contributed by atoms with Gasteiger partial charge in [-0.15, -0.1) is 0 Å². The van der Waals surface area contributed by atoms with E-state index in [9.17, 15) is 10.1 Å². The number of hydrogen-bond acceptors (Lipinski definition) is 4. The predicted molar refractivity (Wildman–Crippen MR) is 119 cm³/mol. The smallest absolute Gasteiger partial charge is 0.349 e. The lowest BCUT2D eigenvalue weighted by Crippen LogP contribution is -2.13. The van der Waals surface area contributed by atoms with Gasteiger partial charge in [0.15, 0.2) is 0 Å². The Morgan fingerprint density at radius 3 is 2.10 bits per heavy atom. The number of nitrogens with zero attached hydrogens (tertiary/aromatic N) is 2. The first-order valence-corrected chi connectivity index (χ1v) is 9.70. The molecule has 0 atom stereocenters. The molecule has 2 aromatic carbocycles. The van der Waals surface area contributed by atoms with E-state index in [1.165, 1.54) is 5.56 Å². The Kier molecular flexibility index (Phi) is 6.87. The molecule has 2 rings (SSSR count). The van der Waals surface area contributed by atoms with Gasteiger partial charge in [0.1, 0.15) is 18.2 Å². The molecule has 0 aliphatic heterocycles. The summed E-state index contributed by atoms with van der Waals surface area (Å²) in [6, 6.07) is 13.9. The number of rotatable bonds is 5. The second-order valence-corrected chi connectivity index (χ2v) is 8.57. The molecule has 0 saturated heterocycles. The molecule has 0 aromatic heterocycles. The van der Waals surface area contributed by atoms with E-state index in [0.29, 0.717) is 0 Å². The molecule has 0 aliphatic carbocycles. The molecule has 0 spiro atoms. The maximum absolute atomic E-state index is 12.5. The number of aryl methyl sites for hydroxylation is 2. The molecule has 0 radical (unpaired) electrons. The predicted octanol–water partition coefficient (Wildman–Crippen LogP) is 5.32. The van der Waals surface area contributed by atoms with Crippen molar-refractivity contribution in [1.29, 1.82) is 5.26 Å². The minimum atomic E-state index is -0.608. The van der Waals surface area contributed by atoms with Crippen LogP contribution < -0.4 is 4.90 Å². The third-order valence-corrected chi connectivity index (χ3v) is 4.97. The van der Waals surface area contributed by atoms with Gasteiger partial charge in [-0.05, 0) is 65.3 Å². The number of carbonyl (C=O) groups is 1. The first kappa shape index (κ1) is 22.2. The van der Waals surface area contributed by atoms with Gasteiger partial charge in [0, 0.05) is 19.8 Å². The second kappa shape index (κ2) is 8.96.